The van der Waals surface area contributed by atoms with Crippen LogP contribution in [0.2, 0.25) is 0 Å². The predicted octanol–water partition coefficient (Wildman–Crippen LogP) is 2.75. The number of hydrogen-bond acceptors (Lipinski definition) is 3. The first kappa shape index (κ1) is 24.9. The lowest BCUT2D eigenvalue weighted by atomic mass is 10.1. The molecule has 0 aromatic heterocycles. The van der Waals surface area contributed by atoms with Gasteiger partial charge in [0.25, 0.3) is 0 Å². The number of likely N-dealkylation sites (tertiary alicyclic amines) is 1. The van der Waals surface area contributed by atoms with E-state index in [2.05, 4.69) is 60.2 Å². The van der Waals surface area contributed by atoms with E-state index in [1.54, 1.807) is 0 Å². The van der Waals surface area contributed by atoms with E-state index < -0.39 is 0 Å². The largest absolute Gasteiger partial charge is 0.357 e. The quantitative estimate of drug-likeness (QED) is 0.351. The number of nitrogens with zero attached hydrogens (tertiary/aromatic N) is 4. The Morgan fingerprint density at radius 2 is 1.67 bits per heavy atom. The number of aliphatic imine (C=N–C) groups is 1. The molecule has 2 aliphatic heterocycles. The molecule has 1 atom stereocenters. The molecule has 2 aliphatic rings. The summed E-state index contributed by atoms with van der Waals surface area (Å²) in [5, 5.41) is 3.44. The van der Waals surface area contributed by atoms with Crippen LogP contribution in [0.15, 0.2) is 29.3 Å². The van der Waals surface area contributed by atoms with Crippen LogP contribution in [0.1, 0.15) is 37.8 Å². The van der Waals surface area contributed by atoms with Gasteiger partial charge in [-0.2, -0.15) is 0 Å². The number of halogens is 1. The Balaban J connectivity index is 0.00000320. The standard InChI is InChI=1S/C23H37N5O.HI/c1-4-24-23(25-12-11-21-9-7-19(2)8-10-21)28-17-15-26(16-18-28)20(3)22(29)27-13-5-6-14-27;/h7-10,20H,4-6,11-18H2,1-3H3,(H,24,25);1H. The van der Waals surface area contributed by atoms with Crippen LogP contribution in [0.4, 0.5) is 0 Å². The van der Waals surface area contributed by atoms with Crippen molar-refractivity contribution >= 4 is 35.8 Å². The molecule has 2 fully saturated rings. The van der Waals surface area contributed by atoms with E-state index in [1.807, 2.05) is 4.90 Å². The Hall–Kier alpha value is -1.35. The minimum Gasteiger partial charge on any atom is -0.357 e. The molecule has 1 N–H and O–H groups in total. The van der Waals surface area contributed by atoms with Crippen molar-refractivity contribution in [2.24, 2.45) is 4.99 Å². The second kappa shape index (κ2) is 12.5. The summed E-state index contributed by atoms with van der Waals surface area (Å²) in [6.45, 7) is 13.4. The van der Waals surface area contributed by atoms with E-state index in [9.17, 15) is 4.79 Å². The predicted molar refractivity (Wildman–Crippen MR) is 135 cm³/mol. The van der Waals surface area contributed by atoms with Gasteiger partial charge >= 0.3 is 0 Å². The number of amides is 1. The summed E-state index contributed by atoms with van der Waals surface area (Å²) in [4.78, 5) is 24.3. The molecule has 0 spiro atoms. The molecule has 1 aromatic carbocycles. The number of rotatable bonds is 6. The molecule has 7 heteroatoms. The van der Waals surface area contributed by atoms with E-state index in [1.165, 1.54) is 11.1 Å². The molecular formula is C23H38IN5O. The van der Waals surface area contributed by atoms with Crippen LogP contribution in [0.5, 0.6) is 0 Å². The highest BCUT2D eigenvalue weighted by atomic mass is 127. The van der Waals surface area contributed by atoms with Crippen LogP contribution in [0.3, 0.4) is 0 Å². The fourth-order valence-corrected chi connectivity index (χ4v) is 4.15. The SMILES string of the molecule is CCNC(=NCCc1ccc(C)cc1)N1CCN(C(C)C(=O)N2CCCC2)CC1.I. The minimum absolute atomic E-state index is 0. The molecule has 0 bridgehead atoms. The third-order valence-corrected chi connectivity index (χ3v) is 6.05. The number of carbonyl (C=O) groups is 1. The lowest BCUT2D eigenvalue weighted by Gasteiger charge is -2.39. The van der Waals surface area contributed by atoms with Crippen molar-refractivity contribution in [3.8, 4) is 0 Å². The fraction of sp³-hybridized carbons (Fsp3) is 0.652. The molecule has 1 amide bonds. The fourth-order valence-electron chi connectivity index (χ4n) is 4.15. The lowest BCUT2D eigenvalue weighted by Crippen LogP contribution is -2.57. The van der Waals surface area contributed by atoms with Crippen molar-refractivity contribution in [1.82, 2.24) is 20.0 Å². The molecular weight excluding hydrogens is 489 g/mol. The molecule has 0 aliphatic carbocycles. The molecule has 0 saturated carbocycles. The van der Waals surface area contributed by atoms with Gasteiger partial charge in [0, 0.05) is 52.4 Å². The monoisotopic (exact) mass is 527 g/mol. The highest BCUT2D eigenvalue weighted by Gasteiger charge is 2.30. The summed E-state index contributed by atoms with van der Waals surface area (Å²) in [6, 6.07) is 8.68. The smallest absolute Gasteiger partial charge is 0.239 e. The molecule has 2 saturated heterocycles. The average Bonchev–Trinajstić information content (AvgIpc) is 3.28. The zero-order valence-electron chi connectivity index (χ0n) is 18.8. The molecule has 168 valence electrons. The second-order valence-electron chi connectivity index (χ2n) is 8.20. The van der Waals surface area contributed by atoms with E-state index in [0.717, 1.165) is 77.6 Å². The number of piperazine rings is 1. The Kier molecular flexibility index (Phi) is 10.4. The van der Waals surface area contributed by atoms with Gasteiger partial charge in [0.05, 0.1) is 6.04 Å². The number of aryl methyl sites for hydroxylation is 1. The van der Waals surface area contributed by atoms with E-state index >= 15 is 0 Å². The normalized spacial score (nSPS) is 18.8. The minimum atomic E-state index is -0.0173. The van der Waals surface area contributed by atoms with Crippen molar-refractivity contribution in [1.29, 1.82) is 0 Å². The third kappa shape index (κ3) is 6.83. The second-order valence-corrected chi connectivity index (χ2v) is 8.20. The summed E-state index contributed by atoms with van der Waals surface area (Å²) >= 11 is 0. The van der Waals surface area contributed by atoms with Gasteiger partial charge in [0.15, 0.2) is 5.96 Å². The highest BCUT2D eigenvalue weighted by Crippen LogP contribution is 2.14. The first-order valence-corrected chi connectivity index (χ1v) is 11.2. The molecule has 6 nitrogen and oxygen atoms in total. The van der Waals surface area contributed by atoms with Crippen LogP contribution in [0, 0.1) is 6.92 Å². The lowest BCUT2D eigenvalue weighted by molar-refractivity contribution is -0.135. The summed E-state index contributed by atoms with van der Waals surface area (Å²) in [7, 11) is 0. The Morgan fingerprint density at radius 1 is 1.03 bits per heavy atom. The van der Waals surface area contributed by atoms with Gasteiger partial charge in [-0.1, -0.05) is 29.8 Å². The maximum atomic E-state index is 12.7. The number of nitrogens with one attached hydrogen (secondary N) is 1. The molecule has 1 aromatic rings. The average molecular weight is 527 g/mol. The van der Waals surface area contributed by atoms with Crippen molar-refractivity contribution in [3.05, 3.63) is 35.4 Å². The van der Waals surface area contributed by atoms with Crippen LogP contribution < -0.4 is 5.32 Å². The zero-order valence-corrected chi connectivity index (χ0v) is 21.1. The van der Waals surface area contributed by atoms with Gasteiger partial charge in [0.1, 0.15) is 0 Å². The van der Waals surface area contributed by atoms with Gasteiger partial charge in [-0.15, -0.1) is 24.0 Å². The van der Waals surface area contributed by atoms with Crippen molar-refractivity contribution in [2.45, 2.75) is 46.1 Å². The van der Waals surface area contributed by atoms with Gasteiger partial charge < -0.3 is 15.1 Å². The number of carbonyl (C=O) groups excluding carboxylic acids is 1. The van der Waals surface area contributed by atoms with Crippen molar-refractivity contribution < 1.29 is 4.79 Å². The zero-order chi connectivity index (χ0) is 20.6. The Labute approximate surface area is 199 Å². The third-order valence-electron chi connectivity index (χ3n) is 6.05. The van der Waals surface area contributed by atoms with Crippen LogP contribution >= 0.6 is 24.0 Å². The molecule has 0 radical (unpaired) electrons. The van der Waals surface area contributed by atoms with Crippen molar-refractivity contribution in [2.75, 3.05) is 52.4 Å². The number of benzene rings is 1. The first-order chi connectivity index (χ1) is 14.1. The van der Waals surface area contributed by atoms with E-state index in [4.69, 9.17) is 4.99 Å². The number of hydrogen-bond donors (Lipinski definition) is 1. The highest BCUT2D eigenvalue weighted by molar-refractivity contribution is 14.0. The molecule has 1 unspecified atom stereocenters. The van der Waals surface area contributed by atoms with Gasteiger partial charge in [-0.05, 0) is 45.6 Å². The summed E-state index contributed by atoms with van der Waals surface area (Å²) in [6.07, 6.45) is 3.26. The Bertz CT molecular complexity index is 679. The molecule has 3 rings (SSSR count). The summed E-state index contributed by atoms with van der Waals surface area (Å²) in [5.74, 6) is 1.30. The van der Waals surface area contributed by atoms with Gasteiger partial charge in [0.2, 0.25) is 5.91 Å². The molecule has 2 heterocycles. The van der Waals surface area contributed by atoms with E-state index in [-0.39, 0.29) is 30.0 Å². The van der Waals surface area contributed by atoms with Crippen LogP contribution in [0.25, 0.3) is 0 Å². The maximum Gasteiger partial charge on any atom is 0.239 e. The van der Waals surface area contributed by atoms with E-state index in [0.29, 0.717) is 5.91 Å². The summed E-state index contributed by atoms with van der Waals surface area (Å²) in [5.41, 5.74) is 2.62. The summed E-state index contributed by atoms with van der Waals surface area (Å²) < 4.78 is 0. The van der Waals surface area contributed by atoms with Crippen LogP contribution in [-0.2, 0) is 11.2 Å². The first-order valence-electron chi connectivity index (χ1n) is 11.2. The van der Waals surface area contributed by atoms with Crippen molar-refractivity contribution in [3.63, 3.8) is 0 Å². The number of guanidine groups is 1. The Morgan fingerprint density at radius 3 is 2.27 bits per heavy atom. The molecule has 30 heavy (non-hydrogen) atoms. The maximum absolute atomic E-state index is 12.7. The van der Waals surface area contributed by atoms with Crippen LogP contribution in [-0.4, -0.2) is 85.0 Å². The topological polar surface area (TPSA) is 51.2 Å². The van der Waals surface area contributed by atoms with Gasteiger partial charge in [-0.25, -0.2) is 0 Å². The van der Waals surface area contributed by atoms with Gasteiger partial charge in [-0.3, -0.25) is 14.7 Å².